The first-order valence-corrected chi connectivity index (χ1v) is 21.5. The number of halogens is 2. The molecule has 0 radical (unpaired) electrons. The number of rotatable bonds is 4. The monoisotopic (exact) mass is 794 g/mol. The molecule has 0 nitrogen and oxygen atoms in total. The van der Waals surface area contributed by atoms with Crippen molar-refractivity contribution < 1.29 is 8.78 Å². The summed E-state index contributed by atoms with van der Waals surface area (Å²) in [5, 5.41) is 0. The first-order chi connectivity index (χ1) is 29.1. The fourth-order valence-corrected chi connectivity index (χ4v) is 11.1. The number of fused-ring (bicyclic) bond motifs is 9. The zero-order chi connectivity index (χ0) is 42.3. The summed E-state index contributed by atoms with van der Waals surface area (Å²) < 4.78 is 27.5. The van der Waals surface area contributed by atoms with E-state index in [9.17, 15) is 8.78 Å². The van der Waals surface area contributed by atoms with Crippen molar-refractivity contribution in [1.82, 2.24) is 0 Å². The lowest BCUT2D eigenvalue weighted by Gasteiger charge is -2.25. The van der Waals surface area contributed by atoms with Gasteiger partial charge in [0.2, 0.25) is 0 Å². The minimum absolute atomic E-state index is 0.187. The Labute approximate surface area is 358 Å². The van der Waals surface area contributed by atoms with Crippen LogP contribution in [0, 0.1) is 25.5 Å². The van der Waals surface area contributed by atoms with Crippen LogP contribution in [0.4, 0.5) is 8.78 Å². The Morgan fingerprint density at radius 1 is 0.262 bits per heavy atom. The Morgan fingerprint density at radius 2 is 0.525 bits per heavy atom. The molecule has 0 unspecified atom stereocenters. The Balaban J connectivity index is 0.935. The van der Waals surface area contributed by atoms with Crippen LogP contribution in [0.1, 0.15) is 86.1 Å². The van der Waals surface area contributed by atoms with Crippen LogP contribution >= 0.6 is 0 Å². The predicted molar refractivity (Wildman–Crippen MR) is 250 cm³/mol. The summed E-state index contributed by atoms with van der Waals surface area (Å²) in [6.45, 7) is 18.6. The lowest BCUT2D eigenvalue weighted by Crippen LogP contribution is -2.16. The van der Waals surface area contributed by atoms with Gasteiger partial charge in [0, 0.05) is 16.2 Å². The van der Waals surface area contributed by atoms with Crippen molar-refractivity contribution in [3.63, 3.8) is 0 Å². The molecule has 2 heteroatoms. The van der Waals surface area contributed by atoms with Gasteiger partial charge in [0.25, 0.3) is 0 Å². The van der Waals surface area contributed by atoms with E-state index < -0.39 is 0 Å². The molecule has 0 bridgehead atoms. The summed E-state index contributed by atoms with van der Waals surface area (Å²) in [5.74, 6) is -0.433. The molecule has 0 N–H and O–H groups in total. The highest BCUT2D eigenvalue weighted by molar-refractivity contribution is 5.91. The van der Waals surface area contributed by atoms with Crippen LogP contribution < -0.4 is 0 Å². The molecule has 0 amide bonds. The zero-order valence-corrected chi connectivity index (χ0v) is 36.1. The summed E-state index contributed by atoms with van der Waals surface area (Å²) in [7, 11) is 0. The third-order valence-corrected chi connectivity index (χ3v) is 14.7. The highest BCUT2D eigenvalue weighted by Crippen LogP contribution is 2.55. The molecule has 0 saturated carbocycles. The van der Waals surface area contributed by atoms with Crippen molar-refractivity contribution in [3.05, 3.63) is 202 Å². The van der Waals surface area contributed by atoms with Crippen LogP contribution in [0.15, 0.2) is 146 Å². The molecular formula is C59H48F2. The van der Waals surface area contributed by atoms with E-state index >= 15 is 0 Å². The van der Waals surface area contributed by atoms with Crippen LogP contribution in [0.3, 0.4) is 0 Å². The molecule has 298 valence electrons. The number of aryl methyl sites for hydroxylation is 2. The lowest BCUT2D eigenvalue weighted by atomic mass is 9.78. The van der Waals surface area contributed by atoms with Crippen LogP contribution in [-0.4, -0.2) is 0 Å². The largest absolute Gasteiger partial charge is 0.207 e. The second kappa shape index (κ2) is 12.8. The molecule has 0 aliphatic heterocycles. The maximum atomic E-state index is 13.8. The SMILES string of the molecule is Cc1cc2c(cc1-c1ccc3c(c1)C(C)(C)c1cc(-c4ccc(F)cc4)ccc1-3)C(C)(C)c1cc(-c3ccc4c(c3)C(C)(C)c3cc(-c5ccc(F)cc5)ccc3-4)c(C)cc1-2. The van der Waals surface area contributed by atoms with Gasteiger partial charge in [-0.25, -0.2) is 8.78 Å². The van der Waals surface area contributed by atoms with E-state index in [1.54, 1.807) is 0 Å². The van der Waals surface area contributed by atoms with Crippen LogP contribution in [0.2, 0.25) is 0 Å². The molecule has 0 saturated heterocycles. The molecule has 0 aromatic heterocycles. The van der Waals surface area contributed by atoms with E-state index in [4.69, 9.17) is 0 Å². The van der Waals surface area contributed by atoms with Gasteiger partial charge in [0.05, 0.1) is 0 Å². The second-order valence-electron chi connectivity index (χ2n) is 19.4. The van der Waals surface area contributed by atoms with Gasteiger partial charge < -0.3 is 0 Å². The van der Waals surface area contributed by atoms with Crippen LogP contribution in [0.25, 0.3) is 77.9 Å². The average Bonchev–Trinajstić information content (AvgIpc) is 3.71. The number of hydrogen-bond donors (Lipinski definition) is 0. The second-order valence-corrected chi connectivity index (χ2v) is 19.4. The third kappa shape index (κ3) is 5.47. The van der Waals surface area contributed by atoms with Gasteiger partial charge in [-0.3, -0.25) is 0 Å². The smallest absolute Gasteiger partial charge is 0.123 e. The normalized spacial score (nSPS) is 15.4. The Morgan fingerprint density at radius 3 is 0.852 bits per heavy atom. The van der Waals surface area contributed by atoms with Gasteiger partial charge in [-0.15, -0.1) is 0 Å². The maximum Gasteiger partial charge on any atom is 0.123 e. The fourth-order valence-electron chi connectivity index (χ4n) is 11.1. The van der Waals surface area contributed by atoms with Gasteiger partial charge in [-0.1, -0.05) is 126 Å². The minimum atomic E-state index is -0.217. The van der Waals surface area contributed by atoms with Crippen molar-refractivity contribution in [1.29, 1.82) is 0 Å². The summed E-state index contributed by atoms with van der Waals surface area (Å²) in [6.07, 6.45) is 0. The van der Waals surface area contributed by atoms with Crippen molar-refractivity contribution in [2.24, 2.45) is 0 Å². The van der Waals surface area contributed by atoms with E-state index in [2.05, 4.69) is 152 Å². The maximum absolute atomic E-state index is 13.8. The molecule has 8 aromatic rings. The van der Waals surface area contributed by atoms with E-state index in [-0.39, 0.29) is 27.9 Å². The Hall–Kier alpha value is -6.38. The van der Waals surface area contributed by atoms with E-state index in [1.807, 2.05) is 24.3 Å². The van der Waals surface area contributed by atoms with Gasteiger partial charge in [-0.2, -0.15) is 0 Å². The van der Waals surface area contributed by atoms with Gasteiger partial charge in [-0.05, 0) is 197 Å². The molecule has 0 heterocycles. The van der Waals surface area contributed by atoms with Gasteiger partial charge in [0.15, 0.2) is 0 Å². The van der Waals surface area contributed by atoms with Crippen LogP contribution in [-0.2, 0) is 16.2 Å². The fraction of sp³-hybridized carbons (Fsp3) is 0.186. The average molecular weight is 795 g/mol. The summed E-state index contributed by atoms with van der Waals surface area (Å²) in [6, 6.07) is 50.9. The molecule has 8 aromatic carbocycles. The quantitative estimate of drug-likeness (QED) is 0.166. The number of benzene rings is 8. The molecular weight excluding hydrogens is 747 g/mol. The molecule has 0 atom stereocenters. The molecule has 11 rings (SSSR count). The molecule has 0 fully saturated rings. The minimum Gasteiger partial charge on any atom is -0.207 e. The Bertz CT molecular complexity index is 2960. The third-order valence-electron chi connectivity index (χ3n) is 14.7. The molecule has 61 heavy (non-hydrogen) atoms. The molecule has 3 aliphatic rings. The topological polar surface area (TPSA) is 0 Å². The first-order valence-electron chi connectivity index (χ1n) is 21.5. The highest BCUT2D eigenvalue weighted by Gasteiger charge is 2.40. The van der Waals surface area contributed by atoms with E-state index in [0.29, 0.717) is 0 Å². The molecule has 0 spiro atoms. The highest BCUT2D eigenvalue weighted by atomic mass is 19.1. The van der Waals surface area contributed by atoms with E-state index in [0.717, 1.165) is 22.3 Å². The Kier molecular flexibility index (Phi) is 7.90. The van der Waals surface area contributed by atoms with Crippen molar-refractivity contribution in [2.75, 3.05) is 0 Å². The predicted octanol–water partition coefficient (Wildman–Crippen LogP) is 16.2. The lowest BCUT2D eigenvalue weighted by molar-refractivity contribution is 0.627. The molecule has 3 aliphatic carbocycles. The summed E-state index contributed by atoms with van der Waals surface area (Å²) in [4.78, 5) is 0. The number of hydrogen-bond acceptors (Lipinski definition) is 0. The van der Waals surface area contributed by atoms with Crippen molar-refractivity contribution in [2.45, 2.75) is 71.6 Å². The van der Waals surface area contributed by atoms with Crippen molar-refractivity contribution in [3.8, 4) is 77.9 Å². The standard InChI is InChI=1S/C59H48F2/c1-33-25-49-50-26-34(2)48(40-16-24-46-44-22-14-38(36-11-19-42(61)20-12-36)28-52(44)58(5,6)54(46)30-40)32-56(50)59(7,8)55(49)31-47(33)39-15-23-45-43-21-13-37(35-9-17-41(60)18-10-35)27-51(43)57(3,4)53(45)29-39/h9-32H,1-8H3. The van der Waals surface area contributed by atoms with Gasteiger partial charge in [0.1, 0.15) is 11.6 Å². The van der Waals surface area contributed by atoms with Crippen LogP contribution in [0.5, 0.6) is 0 Å². The summed E-state index contributed by atoms with van der Waals surface area (Å²) in [5.41, 5.74) is 27.1. The van der Waals surface area contributed by atoms with Crippen molar-refractivity contribution >= 4 is 0 Å². The van der Waals surface area contributed by atoms with E-state index in [1.165, 1.54) is 124 Å². The summed E-state index contributed by atoms with van der Waals surface area (Å²) >= 11 is 0. The van der Waals surface area contributed by atoms with Gasteiger partial charge >= 0.3 is 0 Å². The zero-order valence-electron chi connectivity index (χ0n) is 36.1. The first kappa shape index (κ1) is 37.6.